The Kier molecular flexibility index (Phi) is 3.85. The number of rotatable bonds is 4. The van der Waals surface area contributed by atoms with Crippen molar-refractivity contribution in [1.29, 1.82) is 0 Å². The van der Waals surface area contributed by atoms with E-state index in [1.54, 1.807) is 6.26 Å². The van der Waals surface area contributed by atoms with Gasteiger partial charge in [0.05, 0.1) is 6.26 Å². The van der Waals surface area contributed by atoms with Gasteiger partial charge in [0.15, 0.2) is 0 Å². The van der Waals surface area contributed by atoms with E-state index in [0.717, 1.165) is 57.6 Å². The Hall–Kier alpha value is -2.94. The number of hydrogen-bond donors (Lipinski definition) is 0. The lowest BCUT2D eigenvalue weighted by molar-refractivity contribution is 0.469. The van der Waals surface area contributed by atoms with E-state index in [9.17, 15) is 0 Å². The Morgan fingerprint density at radius 1 is 0.960 bits per heavy atom. The minimum absolute atomic E-state index is 0.822. The van der Waals surface area contributed by atoms with Crippen molar-refractivity contribution in [2.24, 2.45) is 0 Å². The SMILES string of the molecule is C=c1ccc2c(c1)Oc1cc(N(CC)CC)ccc1C=2c1ccco1. The van der Waals surface area contributed by atoms with Crippen LogP contribution in [0.3, 0.4) is 0 Å². The summed E-state index contributed by atoms with van der Waals surface area (Å²) in [5.41, 5.74) is 3.28. The Morgan fingerprint density at radius 2 is 1.80 bits per heavy atom. The van der Waals surface area contributed by atoms with Crippen LogP contribution in [0.5, 0.6) is 11.5 Å². The van der Waals surface area contributed by atoms with Crippen LogP contribution in [0.4, 0.5) is 5.69 Å². The predicted molar refractivity (Wildman–Crippen MR) is 102 cm³/mol. The molecule has 0 saturated heterocycles. The van der Waals surface area contributed by atoms with Crippen molar-refractivity contribution in [1.82, 2.24) is 0 Å². The Balaban J connectivity index is 1.98. The third kappa shape index (κ3) is 2.62. The van der Waals surface area contributed by atoms with Gasteiger partial charge in [0.2, 0.25) is 0 Å². The fraction of sp³-hybridized carbons (Fsp3) is 0.182. The van der Waals surface area contributed by atoms with Crippen LogP contribution in [-0.2, 0) is 0 Å². The van der Waals surface area contributed by atoms with Gasteiger partial charge in [-0.1, -0.05) is 12.6 Å². The molecule has 3 aromatic rings. The number of hydrogen-bond acceptors (Lipinski definition) is 3. The molecule has 2 heterocycles. The maximum absolute atomic E-state index is 6.24. The van der Waals surface area contributed by atoms with E-state index < -0.39 is 0 Å². The maximum atomic E-state index is 6.24. The fourth-order valence-corrected chi connectivity index (χ4v) is 3.39. The summed E-state index contributed by atoms with van der Waals surface area (Å²) in [6.07, 6.45) is 1.71. The molecular formula is C22H21NO2. The molecule has 1 aromatic heterocycles. The molecule has 0 atom stereocenters. The average Bonchev–Trinajstić information content (AvgIpc) is 3.14. The Morgan fingerprint density at radius 3 is 2.52 bits per heavy atom. The molecule has 126 valence electrons. The molecule has 3 nitrogen and oxygen atoms in total. The van der Waals surface area contributed by atoms with E-state index in [1.165, 1.54) is 0 Å². The molecule has 2 aromatic carbocycles. The van der Waals surface area contributed by atoms with Gasteiger partial charge < -0.3 is 14.1 Å². The average molecular weight is 331 g/mol. The van der Waals surface area contributed by atoms with Crippen molar-refractivity contribution in [2.45, 2.75) is 13.8 Å². The molecule has 0 fully saturated rings. The second-order valence-corrected chi connectivity index (χ2v) is 6.14. The topological polar surface area (TPSA) is 25.6 Å². The first-order valence-electron chi connectivity index (χ1n) is 8.65. The number of anilines is 1. The van der Waals surface area contributed by atoms with E-state index in [4.69, 9.17) is 9.15 Å². The highest BCUT2D eigenvalue weighted by molar-refractivity contribution is 5.84. The summed E-state index contributed by atoms with van der Waals surface area (Å²) in [6.45, 7) is 10.3. The van der Waals surface area contributed by atoms with Crippen molar-refractivity contribution < 1.29 is 9.15 Å². The minimum Gasteiger partial charge on any atom is -0.464 e. The molecule has 0 amide bonds. The summed E-state index contributed by atoms with van der Waals surface area (Å²) >= 11 is 0. The zero-order valence-corrected chi connectivity index (χ0v) is 14.6. The van der Waals surface area contributed by atoms with Gasteiger partial charge >= 0.3 is 0 Å². The number of benzene rings is 2. The van der Waals surface area contributed by atoms with Crippen LogP contribution in [-0.4, -0.2) is 13.1 Å². The number of ether oxygens (including phenoxy) is 1. The number of fused-ring (bicyclic) bond motifs is 2. The zero-order chi connectivity index (χ0) is 17.4. The summed E-state index contributed by atoms with van der Waals surface area (Å²) in [7, 11) is 0. The first kappa shape index (κ1) is 15.6. The maximum Gasteiger partial charge on any atom is 0.137 e. The molecular weight excluding hydrogens is 310 g/mol. The van der Waals surface area contributed by atoms with Crippen molar-refractivity contribution in [3.63, 3.8) is 0 Å². The monoisotopic (exact) mass is 331 g/mol. The first-order chi connectivity index (χ1) is 12.2. The quantitative estimate of drug-likeness (QED) is 0.567. The smallest absolute Gasteiger partial charge is 0.137 e. The van der Waals surface area contributed by atoms with Gasteiger partial charge in [-0.25, -0.2) is 0 Å². The van der Waals surface area contributed by atoms with Crippen LogP contribution >= 0.6 is 0 Å². The largest absolute Gasteiger partial charge is 0.464 e. The molecule has 0 radical (unpaired) electrons. The summed E-state index contributed by atoms with van der Waals surface area (Å²) in [4.78, 5) is 2.31. The summed E-state index contributed by atoms with van der Waals surface area (Å²) in [5.74, 6) is 2.52. The van der Waals surface area contributed by atoms with E-state index in [-0.39, 0.29) is 0 Å². The molecule has 3 heteroatoms. The standard InChI is InChI=1S/C22H21NO2/c1-4-23(5-2)16-9-11-18-21(14-16)25-20-13-15(3)8-10-17(20)22(18)19-7-6-12-24-19/h6-14H,3-5H2,1-2H3. The Labute approximate surface area is 147 Å². The fourth-order valence-electron chi connectivity index (χ4n) is 3.39. The lowest BCUT2D eigenvalue weighted by atomic mass is 9.96. The van der Waals surface area contributed by atoms with Gasteiger partial charge in [0, 0.05) is 41.2 Å². The molecule has 0 saturated carbocycles. The predicted octanol–water partition coefficient (Wildman–Crippen LogP) is 3.89. The second kappa shape index (κ2) is 6.17. The van der Waals surface area contributed by atoms with Crippen LogP contribution in [0.25, 0.3) is 12.2 Å². The van der Waals surface area contributed by atoms with Crippen molar-refractivity contribution in [3.05, 3.63) is 76.6 Å². The molecule has 0 unspecified atom stereocenters. The third-order valence-corrected chi connectivity index (χ3v) is 4.67. The summed E-state index contributed by atoms with van der Waals surface area (Å²) in [5, 5.41) is 1.96. The highest BCUT2D eigenvalue weighted by Crippen LogP contribution is 2.38. The van der Waals surface area contributed by atoms with Crippen molar-refractivity contribution in [2.75, 3.05) is 18.0 Å². The van der Waals surface area contributed by atoms with Gasteiger partial charge in [-0.2, -0.15) is 0 Å². The first-order valence-corrected chi connectivity index (χ1v) is 8.65. The highest BCUT2D eigenvalue weighted by Gasteiger charge is 2.22. The highest BCUT2D eigenvalue weighted by atomic mass is 16.5. The van der Waals surface area contributed by atoms with Crippen molar-refractivity contribution >= 4 is 17.8 Å². The Bertz CT molecular complexity index is 1010. The molecule has 1 aliphatic heterocycles. The van der Waals surface area contributed by atoms with E-state index >= 15 is 0 Å². The minimum atomic E-state index is 0.822. The lowest BCUT2D eigenvalue weighted by Gasteiger charge is -2.25. The third-order valence-electron chi connectivity index (χ3n) is 4.67. The molecule has 1 aliphatic rings. The summed E-state index contributed by atoms with van der Waals surface area (Å²) < 4.78 is 12.0. The van der Waals surface area contributed by atoms with Gasteiger partial charge in [-0.15, -0.1) is 0 Å². The van der Waals surface area contributed by atoms with Gasteiger partial charge in [-0.05, 0) is 55.5 Å². The molecule has 0 spiro atoms. The van der Waals surface area contributed by atoms with Gasteiger partial charge in [0.1, 0.15) is 17.3 Å². The van der Waals surface area contributed by atoms with Crippen LogP contribution < -0.4 is 20.1 Å². The summed E-state index contributed by atoms with van der Waals surface area (Å²) in [6, 6.07) is 16.3. The molecule has 0 aliphatic carbocycles. The molecule has 4 rings (SSSR count). The van der Waals surface area contributed by atoms with Crippen LogP contribution in [0.15, 0.2) is 59.2 Å². The van der Waals surface area contributed by atoms with Crippen LogP contribution in [0, 0.1) is 0 Å². The number of furan rings is 1. The molecule has 25 heavy (non-hydrogen) atoms. The molecule has 0 bridgehead atoms. The van der Waals surface area contributed by atoms with Gasteiger partial charge in [-0.3, -0.25) is 0 Å². The van der Waals surface area contributed by atoms with E-state index in [0.29, 0.717) is 0 Å². The van der Waals surface area contributed by atoms with Crippen LogP contribution in [0.2, 0.25) is 0 Å². The normalized spacial score (nSPS) is 12.3. The van der Waals surface area contributed by atoms with E-state index in [2.05, 4.69) is 49.6 Å². The van der Waals surface area contributed by atoms with Gasteiger partial charge in [0.25, 0.3) is 0 Å². The zero-order valence-electron chi connectivity index (χ0n) is 14.6. The number of nitrogens with zero attached hydrogens (tertiary/aromatic N) is 1. The lowest BCUT2D eigenvalue weighted by Crippen LogP contribution is -2.23. The van der Waals surface area contributed by atoms with Crippen molar-refractivity contribution in [3.8, 4) is 11.5 Å². The molecule has 0 N–H and O–H groups in total. The van der Waals surface area contributed by atoms with Crippen LogP contribution in [0.1, 0.15) is 25.2 Å². The van der Waals surface area contributed by atoms with E-state index in [1.807, 2.05) is 24.3 Å². The second-order valence-electron chi connectivity index (χ2n) is 6.14.